The molecule has 1 aliphatic rings. The highest BCUT2D eigenvalue weighted by molar-refractivity contribution is 5.82. The number of carboxylic acid groups (broad SMARTS) is 1. The summed E-state index contributed by atoms with van der Waals surface area (Å²) in [7, 11) is 1.38. The van der Waals surface area contributed by atoms with E-state index in [1.807, 2.05) is 0 Å². The Hall–Kier alpha value is -1.49. The molecule has 0 amide bonds. The van der Waals surface area contributed by atoms with Crippen molar-refractivity contribution in [3.8, 4) is 0 Å². The number of hydrogen-bond acceptors (Lipinski definition) is 2. The van der Waals surface area contributed by atoms with Gasteiger partial charge in [0.05, 0.1) is 12.0 Å². The van der Waals surface area contributed by atoms with Crippen molar-refractivity contribution in [2.24, 2.45) is 0 Å². The first-order valence-corrected chi connectivity index (χ1v) is 5.72. The van der Waals surface area contributed by atoms with E-state index in [4.69, 9.17) is 4.74 Å². The van der Waals surface area contributed by atoms with Gasteiger partial charge in [0, 0.05) is 18.2 Å². The summed E-state index contributed by atoms with van der Waals surface area (Å²) in [6.45, 7) is -0.0386. The van der Waals surface area contributed by atoms with Crippen LogP contribution >= 0.6 is 0 Å². The van der Waals surface area contributed by atoms with Gasteiger partial charge in [-0.1, -0.05) is 18.6 Å². The zero-order valence-electron chi connectivity index (χ0n) is 10.0. The van der Waals surface area contributed by atoms with Crippen molar-refractivity contribution in [3.63, 3.8) is 0 Å². The normalized spacial score (nSPS) is 17.3. The molecule has 5 heteroatoms. The molecule has 0 saturated heterocycles. The third-order valence-electron chi connectivity index (χ3n) is 3.59. The van der Waals surface area contributed by atoms with Crippen molar-refractivity contribution in [3.05, 3.63) is 34.9 Å². The molecular weight excluding hydrogens is 242 g/mol. The van der Waals surface area contributed by atoms with Gasteiger partial charge in [-0.3, -0.25) is 4.79 Å². The van der Waals surface area contributed by atoms with Gasteiger partial charge in [-0.25, -0.2) is 8.78 Å². The third kappa shape index (κ3) is 1.79. The minimum atomic E-state index is -1.25. The van der Waals surface area contributed by atoms with Crippen LogP contribution in [0, 0.1) is 11.6 Å². The van der Waals surface area contributed by atoms with Gasteiger partial charge in [-0.15, -0.1) is 0 Å². The minimum absolute atomic E-state index is 0.0386. The zero-order valence-corrected chi connectivity index (χ0v) is 10.0. The molecule has 0 spiro atoms. The summed E-state index contributed by atoms with van der Waals surface area (Å²) in [5, 5.41) is 9.21. The molecule has 1 N–H and O–H groups in total. The predicted octanol–water partition coefficient (Wildman–Crippen LogP) is 2.62. The molecule has 1 aliphatic carbocycles. The lowest BCUT2D eigenvalue weighted by Gasteiger charge is -2.38. The maximum atomic E-state index is 14.0. The predicted molar refractivity (Wildman–Crippen MR) is 60.2 cm³/mol. The zero-order chi connectivity index (χ0) is 13.3. The minimum Gasteiger partial charge on any atom is -0.481 e. The maximum Gasteiger partial charge on any atom is 0.314 e. The number of ether oxygens (including phenoxy) is 1. The number of rotatable bonds is 4. The number of hydrogen-bond donors (Lipinski definition) is 1. The Morgan fingerprint density at radius 1 is 1.39 bits per heavy atom. The van der Waals surface area contributed by atoms with E-state index in [-0.39, 0.29) is 17.7 Å². The SMILES string of the molecule is COCc1ccc(C2(C(=O)O)CCC2)c(F)c1F. The first kappa shape index (κ1) is 13.0. The number of carboxylic acids is 1. The van der Waals surface area contributed by atoms with Gasteiger partial charge in [-0.2, -0.15) is 0 Å². The van der Waals surface area contributed by atoms with E-state index in [1.165, 1.54) is 19.2 Å². The first-order chi connectivity index (χ1) is 8.53. The average Bonchev–Trinajstić information content (AvgIpc) is 2.26. The van der Waals surface area contributed by atoms with Crippen LogP contribution in [0.2, 0.25) is 0 Å². The summed E-state index contributed by atoms with van der Waals surface area (Å²) in [5.74, 6) is -3.17. The molecule has 0 aromatic heterocycles. The van der Waals surface area contributed by atoms with E-state index in [0.29, 0.717) is 19.3 Å². The standard InChI is InChI=1S/C13H14F2O3/c1-18-7-8-3-4-9(11(15)10(8)14)13(12(16)17)5-2-6-13/h3-4H,2,5-7H2,1H3,(H,16,17). The third-order valence-corrected chi connectivity index (χ3v) is 3.59. The van der Waals surface area contributed by atoms with Crippen LogP contribution in [-0.4, -0.2) is 18.2 Å². The van der Waals surface area contributed by atoms with Crippen LogP contribution in [-0.2, 0) is 21.6 Å². The van der Waals surface area contributed by atoms with Crippen LogP contribution in [0.25, 0.3) is 0 Å². The van der Waals surface area contributed by atoms with Crippen LogP contribution in [0.4, 0.5) is 8.78 Å². The Labute approximate surface area is 103 Å². The molecule has 1 saturated carbocycles. The molecule has 1 aromatic carbocycles. The van der Waals surface area contributed by atoms with Crippen molar-refractivity contribution in [2.45, 2.75) is 31.3 Å². The van der Waals surface area contributed by atoms with Crippen LogP contribution in [0.3, 0.4) is 0 Å². The highest BCUT2D eigenvalue weighted by atomic mass is 19.2. The molecule has 0 aliphatic heterocycles. The Balaban J connectivity index is 2.47. The molecule has 0 radical (unpaired) electrons. The molecule has 3 nitrogen and oxygen atoms in total. The lowest BCUT2D eigenvalue weighted by Crippen LogP contribution is -2.43. The fourth-order valence-electron chi connectivity index (χ4n) is 2.35. The Morgan fingerprint density at radius 2 is 2.06 bits per heavy atom. The molecule has 98 valence electrons. The van der Waals surface area contributed by atoms with E-state index in [1.54, 1.807) is 0 Å². The fourth-order valence-corrected chi connectivity index (χ4v) is 2.35. The van der Waals surface area contributed by atoms with Gasteiger partial charge in [-0.05, 0) is 12.8 Å². The average molecular weight is 256 g/mol. The quantitative estimate of drug-likeness (QED) is 0.900. The Kier molecular flexibility index (Phi) is 3.34. The first-order valence-electron chi connectivity index (χ1n) is 5.72. The smallest absolute Gasteiger partial charge is 0.314 e. The maximum absolute atomic E-state index is 14.0. The molecule has 0 atom stereocenters. The van der Waals surface area contributed by atoms with Crippen LogP contribution in [0.15, 0.2) is 12.1 Å². The number of methoxy groups -OCH3 is 1. The highest BCUT2D eigenvalue weighted by Gasteiger charge is 2.48. The lowest BCUT2D eigenvalue weighted by atomic mass is 9.64. The Bertz CT molecular complexity index is 481. The molecule has 18 heavy (non-hydrogen) atoms. The number of halogens is 2. The molecule has 1 aromatic rings. The van der Waals surface area contributed by atoms with Gasteiger partial charge in [0.15, 0.2) is 11.6 Å². The molecule has 1 fully saturated rings. The summed E-state index contributed by atoms with van der Waals surface area (Å²) in [6, 6.07) is 2.75. The topological polar surface area (TPSA) is 46.5 Å². The summed E-state index contributed by atoms with van der Waals surface area (Å²) in [5.41, 5.74) is -1.21. The summed E-state index contributed by atoms with van der Waals surface area (Å²) in [6.07, 6.45) is 1.41. The van der Waals surface area contributed by atoms with E-state index < -0.39 is 23.0 Å². The molecule has 0 unspecified atom stereocenters. The number of benzene rings is 1. The van der Waals surface area contributed by atoms with E-state index in [9.17, 15) is 18.7 Å². The van der Waals surface area contributed by atoms with Gasteiger partial charge in [0.25, 0.3) is 0 Å². The van der Waals surface area contributed by atoms with Crippen molar-refractivity contribution in [1.82, 2.24) is 0 Å². The number of aliphatic carboxylic acids is 1. The van der Waals surface area contributed by atoms with Gasteiger partial charge < -0.3 is 9.84 Å². The Morgan fingerprint density at radius 3 is 2.50 bits per heavy atom. The van der Waals surface area contributed by atoms with Crippen molar-refractivity contribution in [1.29, 1.82) is 0 Å². The van der Waals surface area contributed by atoms with Crippen LogP contribution in [0.5, 0.6) is 0 Å². The second kappa shape index (κ2) is 4.65. The van der Waals surface area contributed by atoms with Crippen molar-refractivity contribution in [2.75, 3.05) is 7.11 Å². The fraction of sp³-hybridized carbons (Fsp3) is 0.462. The number of carbonyl (C=O) groups is 1. The summed E-state index contributed by atoms with van der Waals surface area (Å²) < 4.78 is 32.5. The molecule has 0 bridgehead atoms. The van der Waals surface area contributed by atoms with Crippen LogP contribution < -0.4 is 0 Å². The second-order valence-corrected chi connectivity index (χ2v) is 4.57. The summed E-state index contributed by atoms with van der Waals surface area (Å²) >= 11 is 0. The molecule has 0 heterocycles. The van der Waals surface area contributed by atoms with Crippen molar-refractivity contribution >= 4 is 5.97 Å². The van der Waals surface area contributed by atoms with Gasteiger partial charge in [0.2, 0.25) is 0 Å². The van der Waals surface area contributed by atoms with Crippen LogP contribution in [0.1, 0.15) is 30.4 Å². The second-order valence-electron chi connectivity index (χ2n) is 4.57. The largest absolute Gasteiger partial charge is 0.481 e. The van der Waals surface area contributed by atoms with E-state index >= 15 is 0 Å². The highest BCUT2D eigenvalue weighted by Crippen LogP contribution is 2.45. The molecular formula is C13H14F2O3. The van der Waals surface area contributed by atoms with Gasteiger partial charge in [0.1, 0.15) is 0 Å². The van der Waals surface area contributed by atoms with E-state index in [0.717, 1.165) is 0 Å². The van der Waals surface area contributed by atoms with Gasteiger partial charge >= 0.3 is 5.97 Å². The summed E-state index contributed by atoms with van der Waals surface area (Å²) in [4.78, 5) is 11.3. The monoisotopic (exact) mass is 256 g/mol. The molecule has 2 rings (SSSR count). The van der Waals surface area contributed by atoms with Crippen molar-refractivity contribution < 1.29 is 23.4 Å². The lowest BCUT2D eigenvalue weighted by molar-refractivity contribution is -0.147. The van der Waals surface area contributed by atoms with E-state index in [2.05, 4.69) is 0 Å².